The number of hydrogen-bond acceptors (Lipinski definition) is 4. The van der Waals surface area contributed by atoms with Crippen molar-refractivity contribution in [2.24, 2.45) is 0 Å². The second-order valence-corrected chi connectivity index (χ2v) is 4.31. The lowest BCUT2D eigenvalue weighted by Crippen LogP contribution is -2.05. The quantitative estimate of drug-likeness (QED) is 0.666. The minimum atomic E-state index is -0.408. The molecule has 0 saturated heterocycles. The number of carbonyl (C=O) groups is 1. The molecule has 98 valence electrons. The molecule has 0 unspecified atom stereocenters. The highest BCUT2D eigenvalue weighted by molar-refractivity contribution is 6.33. The Morgan fingerprint density at radius 2 is 1.95 bits per heavy atom. The highest BCUT2D eigenvalue weighted by Crippen LogP contribution is 2.29. The molecule has 0 radical (unpaired) electrons. The number of halogens is 1. The van der Waals surface area contributed by atoms with Gasteiger partial charge in [0.2, 0.25) is 0 Å². The van der Waals surface area contributed by atoms with Crippen molar-refractivity contribution in [2.45, 2.75) is 0 Å². The van der Waals surface area contributed by atoms with Crippen molar-refractivity contribution in [1.29, 1.82) is 0 Å². The molecule has 2 rings (SSSR count). The van der Waals surface area contributed by atoms with Gasteiger partial charge >= 0.3 is 5.97 Å². The summed E-state index contributed by atoms with van der Waals surface area (Å²) in [5.74, 6) is -0.408. The van der Waals surface area contributed by atoms with Crippen LogP contribution < -0.4 is 11.1 Å². The smallest absolute Gasteiger partial charge is 0.339 e. The predicted molar refractivity (Wildman–Crippen MR) is 76.9 cm³/mol. The molecule has 0 aliphatic heterocycles. The first-order valence-corrected chi connectivity index (χ1v) is 5.99. The van der Waals surface area contributed by atoms with Gasteiger partial charge in [0.05, 0.1) is 29.1 Å². The van der Waals surface area contributed by atoms with Crippen LogP contribution in [0.3, 0.4) is 0 Å². The van der Waals surface area contributed by atoms with Crippen molar-refractivity contribution < 1.29 is 9.53 Å². The van der Waals surface area contributed by atoms with Crippen LogP contribution in [-0.2, 0) is 4.74 Å². The zero-order valence-electron chi connectivity index (χ0n) is 10.3. The van der Waals surface area contributed by atoms with Crippen LogP contribution in [0.4, 0.5) is 17.1 Å². The number of nitrogens with one attached hydrogen (secondary N) is 1. The summed E-state index contributed by atoms with van der Waals surface area (Å²) in [5.41, 5.74) is 7.96. The molecule has 0 atom stereocenters. The number of rotatable bonds is 3. The zero-order valence-corrected chi connectivity index (χ0v) is 11.1. The van der Waals surface area contributed by atoms with Gasteiger partial charge in [-0.3, -0.25) is 0 Å². The molecule has 2 aromatic carbocycles. The van der Waals surface area contributed by atoms with Crippen molar-refractivity contribution in [3.8, 4) is 0 Å². The fourth-order valence-electron chi connectivity index (χ4n) is 1.66. The fourth-order valence-corrected chi connectivity index (χ4v) is 1.89. The van der Waals surface area contributed by atoms with E-state index in [0.29, 0.717) is 27.6 Å². The number of anilines is 3. The number of carbonyl (C=O) groups excluding carboxylic acids is 1. The van der Waals surface area contributed by atoms with E-state index in [2.05, 4.69) is 5.32 Å². The fraction of sp³-hybridized carbons (Fsp3) is 0.0714. The summed E-state index contributed by atoms with van der Waals surface area (Å²) in [6.07, 6.45) is 0. The van der Waals surface area contributed by atoms with Crippen molar-refractivity contribution in [2.75, 3.05) is 18.2 Å². The van der Waals surface area contributed by atoms with Gasteiger partial charge in [0.1, 0.15) is 0 Å². The van der Waals surface area contributed by atoms with Gasteiger partial charge in [-0.15, -0.1) is 0 Å². The van der Waals surface area contributed by atoms with E-state index in [9.17, 15) is 4.79 Å². The third kappa shape index (κ3) is 2.98. The maximum Gasteiger partial charge on any atom is 0.339 e. The monoisotopic (exact) mass is 276 g/mol. The molecule has 0 aromatic heterocycles. The normalized spacial score (nSPS) is 10.0. The summed E-state index contributed by atoms with van der Waals surface area (Å²) in [5, 5.41) is 3.58. The van der Waals surface area contributed by atoms with Crippen LogP contribution in [-0.4, -0.2) is 13.1 Å². The van der Waals surface area contributed by atoms with Crippen LogP contribution in [0.1, 0.15) is 10.4 Å². The third-order valence-corrected chi connectivity index (χ3v) is 2.91. The Bertz CT molecular complexity index is 614. The van der Waals surface area contributed by atoms with Crippen molar-refractivity contribution in [3.63, 3.8) is 0 Å². The van der Waals surface area contributed by atoms with Gasteiger partial charge in [-0.05, 0) is 30.3 Å². The number of nitrogen functional groups attached to an aromatic ring is 1. The Labute approximate surface area is 116 Å². The molecule has 0 aliphatic carbocycles. The topological polar surface area (TPSA) is 64.3 Å². The van der Waals surface area contributed by atoms with Gasteiger partial charge in [0, 0.05) is 5.69 Å². The molecule has 0 amide bonds. The first-order valence-electron chi connectivity index (χ1n) is 5.61. The Kier molecular flexibility index (Phi) is 3.92. The molecule has 4 nitrogen and oxygen atoms in total. The van der Waals surface area contributed by atoms with Crippen LogP contribution in [0.5, 0.6) is 0 Å². The van der Waals surface area contributed by atoms with Gasteiger partial charge in [-0.2, -0.15) is 0 Å². The van der Waals surface area contributed by atoms with Gasteiger partial charge in [0.25, 0.3) is 0 Å². The Morgan fingerprint density at radius 3 is 2.63 bits per heavy atom. The highest BCUT2D eigenvalue weighted by Gasteiger charge is 2.11. The summed E-state index contributed by atoms with van der Waals surface area (Å²) in [7, 11) is 1.34. The van der Waals surface area contributed by atoms with E-state index in [1.54, 1.807) is 36.4 Å². The third-order valence-electron chi connectivity index (χ3n) is 2.59. The minimum Gasteiger partial charge on any atom is -0.465 e. The molecule has 0 saturated carbocycles. The van der Waals surface area contributed by atoms with E-state index in [1.807, 2.05) is 6.07 Å². The summed E-state index contributed by atoms with van der Waals surface area (Å²) < 4.78 is 4.73. The molecule has 19 heavy (non-hydrogen) atoms. The molecule has 5 heteroatoms. The number of para-hydroxylation sites is 1. The number of methoxy groups -OCH3 is 1. The Morgan fingerprint density at radius 1 is 1.21 bits per heavy atom. The molecule has 0 spiro atoms. The first kappa shape index (κ1) is 13.2. The predicted octanol–water partition coefficient (Wildman–Crippen LogP) is 3.45. The summed E-state index contributed by atoms with van der Waals surface area (Å²) in [4.78, 5) is 11.6. The van der Waals surface area contributed by atoms with Crippen LogP contribution >= 0.6 is 11.6 Å². The molecule has 2 aromatic rings. The van der Waals surface area contributed by atoms with Crippen LogP contribution in [0, 0.1) is 0 Å². The van der Waals surface area contributed by atoms with E-state index in [0.717, 1.165) is 0 Å². The standard InChI is InChI=1S/C14H13ClN2O2/c1-19-14(18)10-4-2-3-5-12(10)17-13-7-6-9(16)8-11(13)15/h2-8,17H,16H2,1H3. The minimum absolute atomic E-state index is 0.408. The molecule has 0 bridgehead atoms. The van der Waals surface area contributed by atoms with Gasteiger partial charge in [-0.1, -0.05) is 23.7 Å². The molecule has 0 aliphatic rings. The number of hydrogen-bond donors (Lipinski definition) is 2. The number of nitrogens with two attached hydrogens (primary N) is 1. The average Bonchev–Trinajstić information content (AvgIpc) is 2.41. The Hall–Kier alpha value is -2.20. The maximum atomic E-state index is 11.6. The summed E-state index contributed by atoms with van der Waals surface area (Å²) >= 11 is 6.09. The lowest BCUT2D eigenvalue weighted by molar-refractivity contribution is 0.0602. The van der Waals surface area contributed by atoms with Crippen LogP contribution in [0.25, 0.3) is 0 Å². The van der Waals surface area contributed by atoms with E-state index in [1.165, 1.54) is 7.11 Å². The largest absolute Gasteiger partial charge is 0.465 e. The van der Waals surface area contributed by atoms with Gasteiger partial charge in [0.15, 0.2) is 0 Å². The zero-order chi connectivity index (χ0) is 13.8. The first-order chi connectivity index (χ1) is 9.11. The number of ether oxygens (including phenoxy) is 1. The van der Waals surface area contributed by atoms with E-state index >= 15 is 0 Å². The van der Waals surface area contributed by atoms with E-state index < -0.39 is 5.97 Å². The molecule has 3 N–H and O–H groups in total. The lowest BCUT2D eigenvalue weighted by atomic mass is 10.1. The van der Waals surface area contributed by atoms with E-state index in [4.69, 9.17) is 22.1 Å². The van der Waals surface area contributed by atoms with Crippen molar-refractivity contribution >= 4 is 34.6 Å². The maximum absolute atomic E-state index is 11.6. The summed E-state index contributed by atoms with van der Waals surface area (Å²) in [6.45, 7) is 0. The second-order valence-electron chi connectivity index (χ2n) is 3.90. The van der Waals surface area contributed by atoms with Crippen LogP contribution in [0.2, 0.25) is 5.02 Å². The molecule has 0 fully saturated rings. The second kappa shape index (κ2) is 5.63. The molecular formula is C14H13ClN2O2. The van der Waals surface area contributed by atoms with Crippen molar-refractivity contribution in [1.82, 2.24) is 0 Å². The van der Waals surface area contributed by atoms with Crippen molar-refractivity contribution in [3.05, 3.63) is 53.1 Å². The Balaban J connectivity index is 2.35. The highest BCUT2D eigenvalue weighted by atomic mass is 35.5. The average molecular weight is 277 g/mol. The lowest BCUT2D eigenvalue weighted by Gasteiger charge is -2.12. The molecule has 0 heterocycles. The number of benzene rings is 2. The SMILES string of the molecule is COC(=O)c1ccccc1Nc1ccc(N)cc1Cl. The van der Waals surface area contributed by atoms with Gasteiger partial charge < -0.3 is 15.8 Å². The molecular weight excluding hydrogens is 264 g/mol. The van der Waals surface area contributed by atoms with Gasteiger partial charge in [-0.25, -0.2) is 4.79 Å². The van der Waals surface area contributed by atoms with E-state index in [-0.39, 0.29) is 0 Å². The summed E-state index contributed by atoms with van der Waals surface area (Å²) in [6, 6.07) is 12.2. The van der Waals surface area contributed by atoms with Crippen LogP contribution in [0.15, 0.2) is 42.5 Å². The number of esters is 1.